The van der Waals surface area contributed by atoms with Crippen LogP contribution in [0.25, 0.3) is 0 Å². The third kappa shape index (κ3) is 6.18. The van der Waals surface area contributed by atoms with Crippen LogP contribution in [0.3, 0.4) is 0 Å². The van der Waals surface area contributed by atoms with Crippen LogP contribution >= 0.6 is 11.6 Å². The average Bonchev–Trinajstić information content (AvgIpc) is 2.60. The number of para-hydroxylation sites is 1. The van der Waals surface area contributed by atoms with E-state index in [9.17, 15) is 22.8 Å². The van der Waals surface area contributed by atoms with Gasteiger partial charge in [0.25, 0.3) is 5.91 Å². The lowest BCUT2D eigenvalue weighted by Gasteiger charge is -2.12. The van der Waals surface area contributed by atoms with E-state index in [4.69, 9.17) is 21.1 Å². The first-order chi connectivity index (χ1) is 12.7. The molecule has 0 aliphatic heterocycles. The van der Waals surface area contributed by atoms with Gasteiger partial charge in [-0.2, -0.15) is 13.2 Å². The van der Waals surface area contributed by atoms with Gasteiger partial charge in [-0.15, -0.1) is 0 Å². The van der Waals surface area contributed by atoms with Crippen molar-refractivity contribution in [2.45, 2.75) is 13.1 Å². The molecule has 2 aromatic carbocycles. The Balaban J connectivity index is 1.85. The summed E-state index contributed by atoms with van der Waals surface area (Å²) in [7, 11) is 0. The highest BCUT2D eigenvalue weighted by Gasteiger charge is 2.31. The second-order valence-electron chi connectivity index (χ2n) is 5.46. The summed E-state index contributed by atoms with van der Waals surface area (Å²) in [4.78, 5) is 23.4. The number of halogens is 4. The lowest BCUT2D eigenvalue weighted by Crippen LogP contribution is -2.24. The molecule has 2 rings (SSSR count). The summed E-state index contributed by atoms with van der Waals surface area (Å²) < 4.78 is 48.1. The number of ether oxygens (including phenoxy) is 2. The van der Waals surface area contributed by atoms with Crippen molar-refractivity contribution in [1.29, 1.82) is 0 Å². The molecule has 0 heterocycles. The molecule has 0 aromatic heterocycles. The van der Waals surface area contributed by atoms with Crippen LogP contribution in [0.5, 0.6) is 5.75 Å². The molecule has 9 heteroatoms. The molecular formula is C18H15ClF3NO4. The molecule has 0 fully saturated rings. The summed E-state index contributed by atoms with van der Waals surface area (Å²) in [5.74, 6) is -1.14. The van der Waals surface area contributed by atoms with E-state index in [1.54, 1.807) is 25.1 Å². The fourth-order valence-electron chi connectivity index (χ4n) is 2.03. The Labute approximate surface area is 158 Å². The number of hydrogen-bond donors (Lipinski definition) is 1. The summed E-state index contributed by atoms with van der Waals surface area (Å²) in [6, 6.07) is 9.52. The maximum Gasteiger partial charge on any atom is 0.416 e. The van der Waals surface area contributed by atoms with Gasteiger partial charge in [0, 0.05) is 0 Å². The Morgan fingerprint density at radius 1 is 1.11 bits per heavy atom. The number of anilines is 1. The van der Waals surface area contributed by atoms with Crippen molar-refractivity contribution in [2.75, 3.05) is 18.5 Å². The number of carbonyl (C=O) groups excluding carboxylic acids is 2. The van der Waals surface area contributed by atoms with Gasteiger partial charge < -0.3 is 14.8 Å². The molecule has 27 heavy (non-hydrogen) atoms. The standard InChI is InChI=1S/C18H15ClF3NO4/c1-11-4-2-3-5-15(11)26-10-17(25)27-9-16(24)23-14-8-12(18(20,21)22)6-7-13(14)19/h2-8H,9-10H2,1H3,(H,23,24). The molecule has 5 nitrogen and oxygen atoms in total. The zero-order chi connectivity index (χ0) is 20.0. The number of amides is 1. The Morgan fingerprint density at radius 2 is 1.81 bits per heavy atom. The van der Waals surface area contributed by atoms with Crippen LogP contribution in [0.4, 0.5) is 18.9 Å². The molecule has 1 N–H and O–H groups in total. The van der Waals surface area contributed by atoms with E-state index in [0.29, 0.717) is 11.8 Å². The number of nitrogens with one attached hydrogen (secondary N) is 1. The molecule has 0 atom stereocenters. The van der Waals surface area contributed by atoms with Crippen LogP contribution in [0.1, 0.15) is 11.1 Å². The number of rotatable bonds is 6. The first-order valence-electron chi connectivity index (χ1n) is 7.67. The highest BCUT2D eigenvalue weighted by molar-refractivity contribution is 6.33. The number of carbonyl (C=O) groups is 2. The average molecular weight is 402 g/mol. The predicted molar refractivity (Wildman–Crippen MR) is 92.7 cm³/mol. The minimum Gasteiger partial charge on any atom is -0.482 e. The van der Waals surface area contributed by atoms with Crippen LogP contribution in [0.15, 0.2) is 42.5 Å². The normalized spacial score (nSPS) is 11.0. The van der Waals surface area contributed by atoms with E-state index in [-0.39, 0.29) is 10.7 Å². The topological polar surface area (TPSA) is 64.6 Å². The highest BCUT2D eigenvalue weighted by atomic mass is 35.5. The van der Waals surface area contributed by atoms with Crippen molar-refractivity contribution in [3.05, 3.63) is 58.6 Å². The van der Waals surface area contributed by atoms with E-state index in [0.717, 1.165) is 17.7 Å². The van der Waals surface area contributed by atoms with Crippen LogP contribution < -0.4 is 10.1 Å². The summed E-state index contributed by atoms with van der Waals surface area (Å²) in [5, 5.41) is 2.09. The molecule has 0 radical (unpaired) electrons. The third-order valence-corrected chi connectivity index (χ3v) is 3.70. The SMILES string of the molecule is Cc1ccccc1OCC(=O)OCC(=O)Nc1cc(C(F)(F)F)ccc1Cl. The first kappa shape index (κ1) is 20.6. The van der Waals surface area contributed by atoms with E-state index in [1.807, 2.05) is 6.07 Å². The lowest BCUT2D eigenvalue weighted by atomic mass is 10.2. The zero-order valence-corrected chi connectivity index (χ0v) is 14.9. The van der Waals surface area contributed by atoms with Crippen molar-refractivity contribution in [3.8, 4) is 5.75 Å². The highest BCUT2D eigenvalue weighted by Crippen LogP contribution is 2.33. The number of esters is 1. The minimum absolute atomic E-state index is 0.0782. The zero-order valence-electron chi connectivity index (χ0n) is 14.1. The monoisotopic (exact) mass is 401 g/mol. The lowest BCUT2D eigenvalue weighted by molar-refractivity contribution is -0.149. The molecule has 0 unspecified atom stereocenters. The maximum atomic E-state index is 12.7. The van der Waals surface area contributed by atoms with Gasteiger partial charge in [-0.1, -0.05) is 29.8 Å². The van der Waals surface area contributed by atoms with Gasteiger partial charge in [0.2, 0.25) is 0 Å². The van der Waals surface area contributed by atoms with Crippen LogP contribution in [-0.2, 0) is 20.5 Å². The predicted octanol–water partition coefficient (Wildman–Crippen LogP) is 4.23. The fourth-order valence-corrected chi connectivity index (χ4v) is 2.19. The summed E-state index contributed by atoms with van der Waals surface area (Å²) in [6.07, 6.45) is -4.58. The van der Waals surface area contributed by atoms with Gasteiger partial charge >= 0.3 is 12.1 Å². The van der Waals surface area contributed by atoms with Gasteiger partial charge in [-0.05, 0) is 36.8 Å². The summed E-state index contributed by atoms with van der Waals surface area (Å²) in [6.45, 7) is 0.692. The van der Waals surface area contributed by atoms with Gasteiger partial charge in [0.1, 0.15) is 5.75 Å². The second kappa shape index (κ2) is 8.77. The van der Waals surface area contributed by atoms with Crippen molar-refractivity contribution < 1.29 is 32.2 Å². The van der Waals surface area contributed by atoms with Gasteiger partial charge in [-0.3, -0.25) is 4.79 Å². The maximum absolute atomic E-state index is 12.7. The van der Waals surface area contributed by atoms with E-state index in [1.165, 1.54) is 0 Å². The molecular weight excluding hydrogens is 387 g/mol. The second-order valence-corrected chi connectivity index (χ2v) is 5.86. The van der Waals surface area contributed by atoms with Crippen molar-refractivity contribution in [1.82, 2.24) is 0 Å². The molecule has 0 aliphatic rings. The van der Waals surface area contributed by atoms with E-state index < -0.39 is 36.8 Å². The minimum atomic E-state index is -4.58. The number of hydrogen-bond acceptors (Lipinski definition) is 4. The Kier molecular flexibility index (Phi) is 6.68. The fraction of sp³-hybridized carbons (Fsp3) is 0.222. The third-order valence-electron chi connectivity index (χ3n) is 3.37. The first-order valence-corrected chi connectivity index (χ1v) is 8.05. The molecule has 0 aliphatic carbocycles. The van der Waals surface area contributed by atoms with Gasteiger partial charge in [0.05, 0.1) is 16.3 Å². The van der Waals surface area contributed by atoms with Gasteiger partial charge in [0.15, 0.2) is 13.2 Å². The smallest absolute Gasteiger partial charge is 0.416 e. The summed E-state index contributed by atoms with van der Waals surface area (Å²) in [5.41, 5.74) is -0.378. The number of alkyl halides is 3. The van der Waals surface area contributed by atoms with Crippen LogP contribution in [0, 0.1) is 6.92 Å². The Bertz CT molecular complexity index is 840. The van der Waals surface area contributed by atoms with E-state index in [2.05, 4.69) is 5.32 Å². The molecule has 0 saturated carbocycles. The van der Waals surface area contributed by atoms with Crippen LogP contribution in [0.2, 0.25) is 5.02 Å². The number of aryl methyl sites for hydroxylation is 1. The molecule has 0 saturated heterocycles. The van der Waals surface area contributed by atoms with E-state index >= 15 is 0 Å². The van der Waals surface area contributed by atoms with Crippen molar-refractivity contribution in [2.24, 2.45) is 0 Å². The Hall–Kier alpha value is -2.74. The quantitative estimate of drug-likeness (QED) is 0.736. The molecule has 0 bridgehead atoms. The van der Waals surface area contributed by atoms with Gasteiger partial charge in [-0.25, -0.2) is 4.79 Å². The van der Waals surface area contributed by atoms with Crippen molar-refractivity contribution in [3.63, 3.8) is 0 Å². The molecule has 2 aromatic rings. The van der Waals surface area contributed by atoms with Crippen LogP contribution in [-0.4, -0.2) is 25.1 Å². The largest absolute Gasteiger partial charge is 0.482 e. The summed E-state index contributed by atoms with van der Waals surface area (Å²) >= 11 is 5.78. The molecule has 0 spiro atoms. The number of benzene rings is 2. The Morgan fingerprint density at radius 3 is 2.48 bits per heavy atom. The molecule has 144 valence electrons. The molecule has 1 amide bonds. The van der Waals surface area contributed by atoms with Crippen molar-refractivity contribution >= 4 is 29.2 Å².